The molecule has 3 heterocycles. The fraction of sp³-hybridized carbons (Fsp3) is 0. The predicted octanol–water partition coefficient (Wildman–Crippen LogP) is 17.1. The van der Waals surface area contributed by atoms with Gasteiger partial charge in [0.1, 0.15) is 0 Å². The van der Waals surface area contributed by atoms with Crippen LogP contribution in [-0.4, -0.2) is 19.5 Å². The van der Waals surface area contributed by atoms with Crippen molar-refractivity contribution in [3.05, 3.63) is 231 Å². The summed E-state index contributed by atoms with van der Waals surface area (Å²) in [4.78, 5) is 16.1. The highest BCUT2D eigenvalue weighted by atomic mass is 32.1. The van der Waals surface area contributed by atoms with Crippen molar-refractivity contribution < 1.29 is 0 Å². The Morgan fingerprint density at radius 2 is 0.794 bits per heavy atom. The van der Waals surface area contributed by atoms with Gasteiger partial charge in [0.05, 0.1) is 11.0 Å². The van der Waals surface area contributed by atoms with Gasteiger partial charge in [-0.2, -0.15) is 0 Å². The molecule has 11 aromatic carbocycles. The normalized spacial score (nSPS) is 11.8. The summed E-state index contributed by atoms with van der Waals surface area (Å²) in [6.07, 6.45) is 0. The number of thiophene rings is 1. The maximum Gasteiger partial charge on any atom is 0.165 e. The van der Waals surface area contributed by atoms with Gasteiger partial charge in [0, 0.05) is 53.3 Å². The fourth-order valence-electron chi connectivity index (χ4n) is 10.4. The Morgan fingerprint density at radius 1 is 0.279 bits per heavy atom. The van der Waals surface area contributed by atoms with Gasteiger partial charge in [0.25, 0.3) is 0 Å². The Morgan fingerprint density at radius 3 is 1.53 bits per heavy atom. The second kappa shape index (κ2) is 15.4. The van der Waals surface area contributed by atoms with E-state index in [1.165, 1.54) is 64.1 Å². The second-order valence-corrected chi connectivity index (χ2v) is 18.6. The zero-order valence-corrected chi connectivity index (χ0v) is 37.5. The number of para-hydroxylation sites is 1. The molecule has 0 N–H and O–H groups in total. The molecule has 0 atom stereocenters. The second-order valence-electron chi connectivity index (χ2n) is 17.5. The van der Waals surface area contributed by atoms with Crippen molar-refractivity contribution in [1.82, 2.24) is 19.5 Å². The minimum atomic E-state index is 0.609. The number of aromatic nitrogens is 4. The van der Waals surface area contributed by atoms with Gasteiger partial charge in [-0.25, -0.2) is 15.0 Å². The van der Waals surface area contributed by atoms with Crippen LogP contribution in [0.1, 0.15) is 0 Å². The van der Waals surface area contributed by atoms with E-state index in [-0.39, 0.29) is 0 Å². The van der Waals surface area contributed by atoms with Crippen LogP contribution in [0.5, 0.6) is 0 Å². The molecule has 0 radical (unpaired) electrons. The molecule has 5 heteroatoms. The highest BCUT2D eigenvalue weighted by molar-refractivity contribution is 7.26. The van der Waals surface area contributed by atoms with Crippen molar-refractivity contribution >= 4 is 85.6 Å². The number of nitrogens with zero attached hydrogens (tertiary/aromatic N) is 4. The average molecular weight is 883 g/mol. The Bertz CT molecular complexity index is 4290. The van der Waals surface area contributed by atoms with Gasteiger partial charge >= 0.3 is 0 Å². The van der Waals surface area contributed by atoms with Crippen LogP contribution >= 0.6 is 11.3 Å². The summed E-state index contributed by atoms with van der Waals surface area (Å²) >= 11 is 1.79. The molecule has 0 aliphatic carbocycles. The van der Waals surface area contributed by atoms with E-state index >= 15 is 0 Å². The average Bonchev–Trinajstić information content (AvgIpc) is 3.97. The largest absolute Gasteiger partial charge is 0.309 e. The van der Waals surface area contributed by atoms with Crippen LogP contribution in [0.2, 0.25) is 0 Å². The first-order valence-corrected chi connectivity index (χ1v) is 23.8. The van der Waals surface area contributed by atoms with Crippen molar-refractivity contribution in [2.24, 2.45) is 0 Å². The number of benzene rings is 11. The van der Waals surface area contributed by atoms with Crippen LogP contribution in [0.3, 0.4) is 0 Å². The maximum atomic E-state index is 5.46. The third kappa shape index (κ3) is 6.17. The van der Waals surface area contributed by atoms with Crippen molar-refractivity contribution in [3.63, 3.8) is 0 Å². The maximum absolute atomic E-state index is 5.46. The monoisotopic (exact) mass is 882 g/mol. The summed E-state index contributed by atoms with van der Waals surface area (Å²) in [5.74, 6) is 1.88. The summed E-state index contributed by atoms with van der Waals surface area (Å²) in [6, 6.07) is 83.0. The lowest BCUT2D eigenvalue weighted by molar-refractivity contribution is 1.07. The van der Waals surface area contributed by atoms with Crippen molar-refractivity contribution in [2.75, 3.05) is 0 Å². The zero-order chi connectivity index (χ0) is 44.7. The molecule has 0 unspecified atom stereocenters. The van der Waals surface area contributed by atoms with Crippen molar-refractivity contribution in [2.45, 2.75) is 0 Å². The van der Waals surface area contributed by atoms with E-state index in [0.717, 1.165) is 54.8 Å². The smallest absolute Gasteiger partial charge is 0.165 e. The minimum absolute atomic E-state index is 0.609. The van der Waals surface area contributed by atoms with Crippen LogP contribution in [0, 0.1) is 0 Å². The molecule has 0 spiro atoms. The lowest BCUT2D eigenvalue weighted by atomic mass is 9.91. The van der Waals surface area contributed by atoms with Gasteiger partial charge in [-0.1, -0.05) is 182 Å². The summed E-state index contributed by atoms with van der Waals surface area (Å²) < 4.78 is 4.82. The highest BCUT2D eigenvalue weighted by Crippen LogP contribution is 2.43. The summed E-state index contributed by atoms with van der Waals surface area (Å²) in [7, 11) is 0. The predicted molar refractivity (Wildman–Crippen MR) is 287 cm³/mol. The van der Waals surface area contributed by atoms with Gasteiger partial charge in [0.2, 0.25) is 0 Å². The van der Waals surface area contributed by atoms with Crippen LogP contribution in [0.25, 0.3) is 136 Å². The topological polar surface area (TPSA) is 43.6 Å². The molecular formula is C63H38N4S. The lowest BCUT2D eigenvalue weighted by Gasteiger charge is -2.16. The molecule has 0 saturated carbocycles. The minimum Gasteiger partial charge on any atom is -0.309 e. The zero-order valence-electron chi connectivity index (χ0n) is 36.6. The SMILES string of the molecule is c1ccc(-c2ccc3c4ccccc4n(-c4cc(-c5ccc6c7ccccc7c7ccccc7c6c5)cc(-c5nc(-c6ccccc6)nc(-c6cccc7c6sc6ccccc67)n5)c4)c3c2)cc1. The molecule has 316 valence electrons. The summed E-state index contributed by atoms with van der Waals surface area (Å²) in [6.45, 7) is 0. The van der Waals surface area contributed by atoms with E-state index in [2.05, 4.69) is 217 Å². The fourth-order valence-corrected chi connectivity index (χ4v) is 11.7. The van der Waals surface area contributed by atoms with Crippen LogP contribution in [0.15, 0.2) is 231 Å². The van der Waals surface area contributed by atoms with Gasteiger partial charge in [-0.3, -0.25) is 0 Å². The van der Waals surface area contributed by atoms with Gasteiger partial charge in [-0.15, -0.1) is 11.3 Å². The summed E-state index contributed by atoms with van der Waals surface area (Å²) in [5, 5.41) is 12.3. The highest BCUT2D eigenvalue weighted by Gasteiger charge is 2.20. The first kappa shape index (κ1) is 38.5. The molecule has 68 heavy (non-hydrogen) atoms. The van der Waals surface area contributed by atoms with Crippen LogP contribution in [-0.2, 0) is 0 Å². The molecule has 14 aromatic rings. The number of rotatable bonds is 6. The molecule has 14 rings (SSSR count). The Kier molecular flexibility index (Phi) is 8.73. The Labute approximate surface area is 395 Å². The number of hydrogen-bond acceptors (Lipinski definition) is 4. The van der Waals surface area contributed by atoms with E-state index in [4.69, 9.17) is 15.0 Å². The van der Waals surface area contributed by atoms with E-state index in [9.17, 15) is 0 Å². The Balaban J connectivity index is 1.06. The van der Waals surface area contributed by atoms with E-state index in [1.54, 1.807) is 11.3 Å². The first-order chi connectivity index (χ1) is 33.7. The molecule has 3 aromatic heterocycles. The van der Waals surface area contributed by atoms with Crippen LogP contribution in [0.4, 0.5) is 0 Å². The van der Waals surface area contributed by atoms with Crippen molar-refractivity contribution in [3.8, 4) is 62.1 Å². The molecule has 0 aliphatic rings. The van der Waals surface area contributed by atoms with Gasteiger partial charge < -0.3 is 4.57 Å². The molecule has 0 amide bonds. The Hall–Kier alpha value is -8.77. The third-order valence-corrected chi connectivity index (χ3v) is 14.8. The molecule has 0 fully saturated rings. The van der Waals surface area contributed by atoms with E-state index in [1.807, 2.05) is 18.2 Å². The number of fused-ring (bicyclic) bond motifs is 12. The molecule has 0 aliphatic heterocycles. The van der Waals surface area contributed by atoms with Gasteiger partial charge in [0.15, 0.2) is 17.5 Å². The third-order valence-electron chi connectivity index (χ3n) is 13.6. The quantitative estimate of drug-likeness (QED) is 0.156. The summed E-state index contributed by atoms with van der Waals surface area (Å²) in [5.41, 5.74) is 10.6. The van der Waals surface area contributed by atoms with Crippen molar-refractivity contribution in [1.29, 1.82) is 0 Å². The van der Waals surface area contributed by atoms with Gasteiger partial charge in [-0.05, 0) is 103 Å². The number of hydrogen-bond donors (Lipinski definition) is 0. The van der Waals surface area contributed by atoms with E-state index in [0.29, 0.717) is 17.5 Å². The molecule has 0 bridgehead atoms. The molecule has 0 saturated heterocycles. The molecular weight excluding hydrogens is 845 g/mol. The molecule has 4 nitrogen and oxygen atoms in total. The first-order valence-electron chi connectivity index (χ1n) is 23.0. The van der Waals surface area contributed by atoms with E-state index < -0.39 is 0 Å². The standard InChI is InChI=1S/C63H38N4S/c1-3-16-39(17-4-1)42-31-33-52-51-24-11-13-28-57(51)67(58(52)38-42)45-35-43(41-30-32-50-48-22-8-7-20-46(48)47-21-9-10-23-49(47)56(50)37-41)34-44(36-45)62-64-61(40-18-5-2-6-19-40)65-63(66-62)55-27-15-26-54-53-25-12-14-29-59(53)68-60(54)55/h1-38H. The lowest BCUT2D eigenvalue weighted by Crippen LogP contribution is -2.02. The van der Waals surface area contributed by atoms with Crippen LogP contribution < -0.4 is 0 Å².